The third-order valence-corrected chi connectivity index (χ3v) is 5.10. The number of hydrogen-bond donors (Lipinski definition) is 0. The molecule has 0 saturated carbocycles. The van der Waals surface area contributed by atoms with Crippen molar-refractivity contribution in [3.05, 3.63) is 65.7 Å². The quantitative estimate of drug-likeness (QED) is 0.439. The summed E-state index contributed by atoms with van der Waals surface area (Å²) in [7, 11) is 0. The summed E-state index contributed by atoms with van der Waals surface area (Å²) >= 11 is 1.36. The largest absolute Gasteiger partial charge is 0.453 e. The molecule has 2 aromatic heterocycles. The van der Waals surface area contributed by atoms with Crippen LogP contribution in [0, 0.1) is 13.8 Å². The lowest BCUT2D eigenvalue weighted by atomic mass is 10.1. The second kappa shape index (κ2) is 5.97. The number of nitrogens with zero attached hydrogens (tertiary/aromatic N) is 2. The maximum atomic E-state index is 6.06. The van der Waals surface area contributed by atoms with Gasteiger partial charge in [0.1, 0.15) is 5.58 Å². The van der Waals surface area contributed by atoms with E-state index in [4.69, 9.17) is 4.42 Å². The number of allylic oxidation sites excluding steroid dienone is 1. The summed E-state index contributed by atoms with van der Waals surface area (Å²) in [5.41, 5.74) is 6.44. The fraction of sp³-hybridized carbons (Fsp3) is 0.143. The minimum Gasteiger partial charge on any atom is -0.453 e. The molecule has 0 aliphatic rings. The monoisotopic (exact) mass is 346 g/mol. The summed E-state index contributed by atoms with van der Waals surface area (Å²) in [5.74, 6) is 1.50. The molecule has 0 unspecified atom stereocenters. The Kier molecular flexibility index (Phi) is 3.77. The van der Waals surface area contributed by atoms with Gasteiger partial charge in [0.25, 0.3) is 0 Å². The normalized spacial score (nSPS) is 11.2. The molecule has 4 rings (SSSR count). The maximum Gasteiger partial charge on any atom is 0.179 e. The molecule has 0 fully saturated rings. The summed E-state index contributed by atoms with van der Waals surface area (Å²) < 4.78 is 10.6. The first-order valence-electron chi connectivity index (χ1n) is 8.13. The molecule has 0 radical (unpaired) electrons. The van der Waals surface area contributed by atoms with Gasteiger partial charge in [0.15, 0.2) is 16.6 Å². The summed E-state index contributed by atoms with van der Waals surface area (Å²) in [5, 5.41) is 1.94. The molecule has 4 aromatic rings. The Morgan fingerprint density at radius 2 is 1.76 bits per heavy atom. The molecular formula is C21H18N2OS. The maximum absolute atomic E-state index is 6.06. The highest BCUT2D eigenvalue weighted by Gasteiger charge is 2.15. The van der Waals surface area contributed by atoms with Crippen molar-refractivity contribution in [3.63, 3.8) is 0 Å². The zero-order chi connectivity index (χ0) is 17.6. The second-order valence-electron chi connectivity index (χ2n) is 6.33. The standard InChI is InChI=1S/C21H18N2OS/c1-12(2)15-7-9-16(10-8-15)20-22-21(25-23-20)18-11-17-13(3)5-6-14(4)19(17)24-18/h5-11H,1H2,2-4H3. The highest BCUT2D eigenvalue weighted by atomic mass is 32.1. The SMILES string of the molecule is C=C(C)c1ccc(-c2nsc(-c3cc4c(C)ccc(C)c4o3)n2)cc1. The lowest BCUT2D eigenvalue weighted by molar-refractivity contribution is 0.628. The van der Waals surface area contributed by atoms with E-state index in [0.717, 1.165) is 49.8 Å². The van der Waals surface area contributed by atoms with E-state index >= 15 is 0 Å². The van der Waals surface area contributed by atoms with Crippen LogP contribution in [-0.2, 0) is 0 Å². The van der Waals surface area contributed by atoms with Gasteiger partial charge in [-0.25, -0.2) is 4.98 Å². The molecule has 0 spiro atoms. The zero-order valence-electron chi connectivity index (χ0n) is 14.5. The Labute approximate surface area is 150 Å². The highest BCUT2D eigenvalue weighted by molar-refractivity contribution is 7.09. The third kappa shape index (κ3) is 2.79. The van der Waals surface area contributed by atoms with E-state index in [0.29, 0.717) is 0 Å². The average Bonchev–Trinajstić information content (AvgIpc) is 3.26. The zero-order valence-corrected chi connectivity index (χ0v) is 15.3. The molecule has 0 amide bonds. The third-order valence-electron chi connectivity index (χ3n) is 4.37. The van der Waals surface area contributed by atoms with E-state index < -0.39 is 0 Å². The lowest BCUT2D eigenvalue weighted by Gasteiger charge is -2.00. The Bertz CT molecular complexity index is 1050. The van der Waals surface area contributed by atoms with E-state index in [-0.39, 0.29) is 0 Å². The number of hydrogen-bond acceptors (Lipinski definition) is 4. The summed E-state index contributed by atoms with van der Waals surface area (Å²) in [6.07, 6.45) is 0. The van der Waals surface area contributed by atoms with Crippen LogP contribution in [0.15, 0.2) is 53.5 Å². The highest BCUT2D eigenvalue weighted by Crippen LogP contribution is 2.33. The molecular weight excluding hydrogens is 328 g/mol. The van der Waals surface area contributed by atoms with E-state index in [2.05, 4.69) is 48.0 Å². The van der Waals surface area contributed by atoms with Crippen LogP contribution in [0.4, 0.5) is 0 Å². The first kappa shape index (κ1) is 15.8. The van der Waals surface area contributed by atoms with Crippen molar-refractivity contribution < 1.29 is 4.42 Å². The van der Waals surface area contributed by atoms with Crippen LogP contribution in [-0.4, -0.2) is 9.36 Å². The van der Waals surface area contributed by atoms with Gasteiger partial charge in [-0.1, -0.05) is 48.6 Å². The molecule has 2 aromatic carbocycles. The van der Waals surface area contributed by atoms with Crippen LogP contribution in [0.5, 0.6) is 0 Å². The van der Waals surface area contributed by atoms with Gasteiger partial charge in [-0.3, -0.25) is 0 Å². The van der Waals surface area contributed by atoms with Crippen molar-refractivity contribution in [2.24, 2.45) is 0 Å². The van der Waals surface area contributed by atoms with Crippen molar-refractivity contribution in [2.75, 3.05) is 0 Å². The molecule has 25 heavy (non-hydrogen) atoms. The van der Waals surface area contributed by atoms with Crippen molar-refractivity contribution >= 4 is 28.1 Å². The molecule has 0 N–H and O–H groups in total. The Morgan fingerprint density at radius 3 is 2.44 bits per heavy atom. The van der Waals surface area contributed by atoms with Crippen LogP contribution >= 0.6 is 11.5 Å². The predicted molar refractivity (Wildman–Crippen MR) is 105 cm³/mol. The summed E-state index contributed by atoms with van der Waals surface area (Å²) in [4.78, 5) is 4.67. The molecule has 0 atom stereocenters. The fourth-order valence-electron chi connectivity index (χ4n) is 2.84. The minimum atomic E-state index is 0.724. The van der Waals surface area contributed by atoms with Crippen molar-refractivity contribution in [1.82, 2.24) is 9.36 Å². The molecule has 0 saturated heterocycles. The van der Waals surface area contributed by atoms with E-state index in [1.54, 1.807) is 0 Å². The van der Waals surface area contributed by atoms with Crippen LogP contribution in [0.1, 0.15) is 23.6 Å². The van der Waals surface area contributed by atoms with E-state index in [1.807, 2.05) is 31.2 Å². The Morgan fingerprint density at radius 1 is 1.04 bits per heavy atom. The molecule has 0 bridgehead atoms. The van der Waals surface area contributed by atoms with Gasteiger partial charge < -0.3 is 4.42 Å². The number of aryl methyl sites for hydroxylation is 2. The molecule has 124 valence electrons. The Balaban J connectivity index is 1.73. The summed E-state index contributed by atoms with van der Waals surface area (Å²) in [6.45, 7) is 10.1. The van der Waals surface area contributed by atoms with Crippen LogP contribution in [0.25, 0.3) is 38.7 Å². The van der Waals surface area contributed by atoms with Crippen molar-refractivity contribution in [3.8, 4) is 22.2 Å². The Hall–Kier alpha value is -2.72. The van der Waals surface area contributed by atoms with E-state index in [1.165, 1.54) is 17.1 Å². The van der Waals surface area contributed by atoms with Gasteiger partial charge in [-0.05, 0) is 55.1 Å². The van der Waals surface area contributed by atoms with Crippen LogP contribution < -0.4 is 0 Å². The molecule has 4 heteroatoms. The molecule has 0 aliphatic heterocycles. The van der Waals surface area contributed by atoms with Gasteiger partial charge in [0, 0.05) is 10.9 Å². The van der Waals surface area contributed by atoms with Crippen LogP contribution in [0.2, 0.25) is 0 Å². The first-order valence-corrected chi connectivity index (χ1v) is 8.90. The summed E-state index contributed by atoms with van der Waals surface area (Å²) in [6, 6.07) is 14.4. The fourth-order valence-corrected chi connectivity index (χ4v) is 3.48. The topological polar surface area (TPSA) is 38.9 Å². The first-order chi connectivity index (χ1) is 12.0. The van der Waals surface area contributed by atoms with Crippen molar-refractivity contribution in [2.45, 2.75) is 20.8 Å². The average molecular weight is 346 g/mol. The van der Waals surface area contributed by atoms with Gasteiger partial charge in [0.2, 0.25) is 0 Å². The number of furan rings is 1. The minimum absolute atomic E-state index is 0.724. The molecule has 0 aliphatic carbocycles. The van der Waals surface area contributed by atoms with Gasteiger partial charge in [-0.15, -0.1) is 0 Å². The number of rotatable bonds is 3. The predicted octanol–water partition coefficient (Wildman–Crippen LogP) is 6.27. The second-order valence-corrected chi connectivity index (χ2v) is 7.09. The van der Waals surface area contributed by atoms with Crippen LogP contribution in [0.3, 0.4) is 0 Å². The van der Waals surface area contributed by atoms with Gasteiger partial charge >= 0.3 is 0 Å². The van der Waals surface area contributed by atoms with Crippen molar-refractivity contribution in [1.29, 1.82) is 0 Å². The lowest BCUT2D eigenvalue weighted by Crippen LogP contribution is -1.82. The van der Waals surface area contributed by atoms with Gasteiger partial charge in [0.05, 0.1) is 0 Å². The molecule has 2 heterocycles. The number of fused-ring (bicyclic) bond motifs is 1. The van der Waals surface area contributed by atoms with Gasteiger partial charge in [-0.2, -0.15) is 4.37 Å². The number of benzene rings is 2. The molecule has 3 nitrogen and oxygen atoms in total. The van der Waals surface area contributed by atoms with E-state index in [9.17, 15) is 0 Å². The number of aromatic nitrogens is 2. The smallest absolute Gasteiger partial charge is 0.179 e.